The van der Waals surface area contributed by atoms with Gasteiger partial charge in [-0.2, -0.15) is 0 Å². The van der Waals surface area contributed by atoms with Crippen molar-refractivity contribution >= 4 is 29.1 Å². The summed E-state index contributed by atoms with van der Waals surface area (Å²) in [7, 11) is 0. The van der Waals surface area contributed by atoms with E-state index in [0.29, 0.717) is 17.9 Å². The molecule has 0 unspecified atom stereocenters. The van der Waals surface area contributed by atoms with Gasteiger partial charge in [-0.1, -0.05) is 0 Å². The average Bonchev–Trinajstić information content (AvgIpc) is 3.58. The summed E-state index contributed by atoms with van der Waals surface area (Å²) in [6.07, 6.45) is 8.82. The van der Waals surface area contributed by atoms with E-state index in [1.54, 1.807) is 6.20 Å². The SMILES string of the molecule is c1cc2cc(n1)NCCCCOC1CCN(CC1)c1cc(NSC3CC3)ccc1-c1nnc-2o1. The van der Waals surface area contributed by atoms with Gasteiger partial charge in [-0.3, -0.25) is 0 Å². The maximum absolute atomic E-state index is 6.20. The van der Waals surface area contributed by atoms with Crippen LogP contribution in [0.5, 0.6) is 0 Å². The molecule has 1 saturated carbocycles. The van der Waals surface area contributed by atoms with Crippen molar-refractivity contribution in [1.82, 2.24) is 15.2 Å². The number of piperidine rings is 1. The first kappa shape index (κ1) is 21.7. The first-order valence-corrected chi connectivity index (χ1v) is 13.2. The molecule has 34 heavy (non-hydrogen) atoms. The van der Waals surface area contributed by atoms with E-state index in [-0.39, 0.29) is 0 Å². The van der Waals surface area contributed by atoms with Crippen LogP contribution in [0.25, 0.3) is 22.9 Å². The molecule has 6 bridgehead atoms. The van der Waals surface area contributed by atoms with Gasteiger partial charge in [-0.05, 0) is 80.8 Å². The van der Waals surface area contributed by atoms with Gasteiger partial charge in [0.2, 0.25) is 11.8 Å². The number of pyridine rings is 1. The van der Waals surface area contributed by atoms with Crippen LogP contribution in [0.15, 0.2) is 40.9 Å². The Kier molecular flexibility index (Phi) is 6.29. The van der Waals surface area contributed by atoms with Crippen LogP contribution in [0.1, 0.15) is 38.5 Å². The first-order chi connectivity index (χ1) is 16.8. The number of benzene rings is 1. The Morgan fingerprint density at radius 1 is 1.00 bits per heavy atom. The molecule has 3 aliphatic heterocycles. The molecule has 5 heterocycles. The second-order valence-corrected chi connectivity index (χ2v) is 10.3. The molecular formula is C25H30N6O2S. The van der Waals surface area contributed by atoms with Crippen molar-refractivity contribution in [2.45, 2.75) is 49.9 Å². The summed E-state index contributed by atoms with van der Waals surface area (Å²) in [4.78, 5) is 6.86. The molecule has 3 aromatic rings. The van der Waals surface area contributed by atoms with Gasteiger partial charge >= 0.3 is 0 Å². The zero-order valence-electron chi connectivity index (χ0n) is 19.2. The zero-order valence-corrected chi connectivity index (χ0v) is 20.0. The second-order valence-electron chi connectivity index (χ2n) is 9.18. The normalized spacial score (nSPS) is 19.1. The third-order valence-corrected chi connectivity index (χ3v) is 7.70. The van der Waals surface area contributed by atoms with Gasteiger partial charge in [0.15, 0.2) is 0 Å². The van der Waals surface area contributed by atoms with Crippen molar-refractivity contribution in [2.24, 2.45) is 0 Å². The lowest BCUT2D eigenvalue weighted by atomic mass is 10.0. The molecular weight excluding hydrogens is 448 g/mol. The van der Waals surface area contributed by atoms with Crippen LogP contribution in [0.4, 0.5) is 17.2 Å². The molecule has 2 fully saturated rings. The fraction of sp³-hybridized carbons (Fsp3) is 0.480. The second kappa shape index (κ2) is 9.84. The topological polar surface area (TPSA) is 88.3 Å². The Hall–Kier alpha value is -2.78. The molecule has 178 valence electrons. The third kappa shape index (κ3) is 5.00. The number of hydrogen-bond donors (Lipinski definition) is 2. The summed E-state index contributed by atoms with van der Waals surface area (Å²) in [6.45, 7) is 3.57. The number of aromatic nitrogens is 3. The Labute approximate surface area is 204 Å². The highest BCUT2D eigenvalue weighted by Gasteiger charge is 2.25. The van der Waals surface area contributed by atoms with Gasteiger partial charge in [0.1, 0.15) is 5.82 Å². The molecule has 1 aliphatic carbocycles. The van der Waals surface area contributed by atoms with Crippen LogP contribution in [-0.4, -0.2) is 52.8 Å². The molecule has 0 spiro atoms. The van der Waals surface area contributed by atoms with Crippen molar-refractivity contribution in [2.75, 3.05) is 41.2 Å². The van der Waals surface area contributed by atoms with Crippen LogP contribution in [0, 0.1) is 0 Å². The van der Waals surface area contributed by atoms with E-state index in [1.807, 2.05) is 24.1 Å². The maximum Gasteiger partial charge on any atom is 0.250 e. The van der Waals surface area contributed by atoms with E-state index in [1.165, 1.54) is 12.8 Å². The van der Waals surface area contributed by atoms with Crippen molar-refractivity contribution in [3.63, 3.8) is 0 Å². The van der Waals surface area contributed by atoms with Crippen molar-refractivity contribution in [3.05, 3.63) is 36.5 Å². The minimum absolute atomic E-state index is 0.326. The molecule has 7 rings (SSSR count). The van der Waals surface area contributed by atoms with Crippen LogP contribution >= 0.6 is 11.9 Å². The highest BCUT2D eigenvalue weighted by Crippen LogP contribution is 2.39. The number of hydrogen-bond acceptors (Lipinski definition) is 9. The smallest absolute Gasteiger partial charge is 0.250 e. The minimum atomic E-state index is 0.326. The average molecular weight is 479 g/mol. The van der Waals surface area contributed by atoms with Crippen LogP contribution < -0.4 is 14.9 Å². The van der Waals surface area contributed by atoms with Gasteiger partial charge in [-0.15, -0.1) is 10.2 Å². The van der Waals surface area contributed by atoms with Crippen molar-refractivity contribution in [1.29, 1.82) is 0 Å². The molecule has 0 atom stereocenters. The largest absolute Gasteiger partial charge is 0.416 e. The Bertz CT molecular complexity index is 1130. The van der Waals surface area contributed by atoms with E-state index in [9.17, 15) is 0 Å². The standard InChI is InChI=1S/C25H30N6O2S/c1-2-14-32-19-8-12-31(13-9-19)22-16-18(30-34-20-4-5-20)3-6-21(22)25-29-28-24(33-25)17-7-11-27-23(15-17)26-10-1/h3,6-7,11,15-16,19-20,30H,1-2,4-5,8-10,12-14H2,(H,26,27). The summed E-state index contributed by atoms with van der Waals surface area (Å²) < 4.78 is 15.9. The predicted molar refractivity (Wildman–Crippen MR) is 136 cm³/mol. The molecule has 1 saturated heterocycles. The van der Waals surface area contributed by atoms with Gasteiger partial charge in [-0.25, -0.2) is 4.98 Å². The predicted octanol–water partition coefficient (Wildman–Crippen LogP) is 5.21. The van der Waals surface area contributed by atoms with Gasteiger partial charge in [0, 0.05) is 48.9 Å². The van der Waals surface area contributed by atoms with Crippen LogP contribution in [0.3, 0.4) is 0 Å². The monoisotopic (exact) mass is 478 g/mol. The number of nitrogens with one attached hydrogen (secondary N) is 2. The van der Waals surface area contributed by atoms with Gasteiger partial charge < -0.3 is 24.1 Å². The van der Waals surface area contributed by atoms with Gasteiger partial charge in [0.25, 0.3) is 0 Å². The summed E-state index contributed by atoms with van der Waals surface area (Å²) in [6, 6.07) is 10.3. The maximum atomic E-state index is 6.20. The zero-order chi connectivity index (χ0) is 22.7. The summed E-state index contributed by atoms with van der Waals surface area (Å²) >= 11 is 1.82. The quantitative estimate of drug-likeness (QED) is 0.492. The molecule has 4 aliphatic rings. The Morgan fingerprint density at radius 2 is 1.88 bits per heavy atom. The number of anilines is 3. The van der Waals surface area contributed by atoms with Crippen molar-refractivity contribution in [3.8, 4) is 22.9 Å². The number of ether oxygens (including phenoxy) is 1. The lowest BCUT2D eigenvalue weighted by molar-refractivity contribution is 0.0353. The van der Waals surface area contributed by atoms with E-state index < -0.39 is 0 Å². The van der Waals surface area contributed by atoms with Crippen LogP contribution in [-0.2, 0) is 4.74 Å². The number of fused-ring (bicyclic) bond motifs is 7. The Balaban J connectivity index is 1.34. The molecule has 2 N–H and O–H groups in total. The van der Waals surface area contributed by atoms with Crippen molar-refractivity contribution < 1.29 is 9.15 Å². The van der Waals surface area contributed by atoms with E-state index >= 15 is 0 Å². The molecule has 9 heteroatoms. The highest BCUT2D eigenvalue weighted by atomic mass is 32.2. The first-order valence-electron chi connectivity index (χ1n) is 12.3. The molecule has 2 aromatic heterocycles. The molecule has 1 aromatic carbocycles. The van der Waals surface area contributed by atoms with Gasteiger partial charge in [0.05, 0.1) is 17.4 Å². The number of nitrogens with zero attached hydrogens (tertiary/aromatic N) is 4. The fourth-order valence-electron chi connectivity index (χ4n) is 4.44. The number of rotatable bonds is 3. The Morgan fingerprint density at radius 3 is 2.76 bits per heavy atom. The summed E-state index contributed by atoms with van der Waals surface area (Å²) in [5.41, 5.74) is 4.07. The summed E-state index contributed by atoms with van der Waals surface area (Å²) in [5.74, 6) is 1.86. The van der Waals surface area contributed by atoms with E-state index in [0.717, 1.165) is 85.5 Å². The van der Waals surface area contributed by atoms with Crippen LogP contribution in [0.2, 0.25) is 0 Å². The molecule has 0 radical (unpaired) electrons. The lowest BCUT2D eigenvalue weighted by Crippen LogP contribution is -2.37. The minimum Gasteiger partial charge on any atom is -0.416 e. The van der Waals surface area contributed by atoms with E-state index in [4.69, 9.17) is 9.15 Å². The lowest BCUT2D eigenvalue weighted by Gasteiger charge is -2.34. The third-order valence-electron chi connectivity index (χ3n) is 6.54. The molecule has 8 nitrogen and oxygen atoms in total. The fourth-order valence-corrected chi connectivity index (χ4v) is 5.24. The highest BCUT2D eigenvalue weighted by molar-refractivity contribution is 8.01. The summed E-state index contributed by atoms with van der Waals surface area (Å²) in [5, 5.41) is 12.9. The van der Waals surface area contributed by atoms with E-state index in [2.05, 4.69) is 48.3 Å². The molecule has 0 amide bonds.